The predicted molar refractivity (Wildman–Crippen MR) is 180 cm³/mol. The number of nitrogens with zero attached hydrogens (tertiary/aromatic N) is 6. The van der Waals surface area contributed by atoms with Gasteiger partial charge in [-0.15, -0.1) is 0 Å². The van der Waals surface area contributed by atoms with E-state index < -0.39 is 29.2 Å². The second-order valence-electron chi connectivity index (χ2n) is 13.2. The van der Waals surface area contributed by atoms with Gasteiger partial charge < -0.3 is 24.4 Å². The van der Waals surface area contributed by atoms with Crippen LogP contribution in [0.1, 0.15) is 71.3 Å². The molecule has 14 heteroatoms. The van der Waals surface area contributed by atoms with Gasteiger partial charge in [-0.2, -0.15) is 10.4 Å². The van der Waals surface area contributed by atoms with E-state index in [4.69, 9.17) is 42.5 Å². The molecule has 3 aromatic heterocycles. The number of benzene rings is 1. The second-order valence-corrected chi connectivity index (χ2v) is 14.0. The molecule has 1 amide bonds. The maximum atomic E-state index is 15.8. The number of amides is 1. The zero-order chi connectivity index (χ0) is 34.2. The highest BCUT2D eigenvalue weighted by atomic mass is 35.5. The van der Waals surface area contributed by atoms with Crippen LogP contribution >= 0.6 is 23.2 Å². The number of rotatable bonds is 8. The lowest BCUT2D eigenvalue weighted by atomic mass is 9.86. The third-order valence-electron chi connectivity index (χ3n) is 8.28. The fourth-order valence-electron chi connectivity index (χ4n) is 6.15. The molecule has 5 heterocycles. The highest BCUT2D eigenvalue weighted by Crippen LogP contribution is 2.39. The van der Waals surface area contributed by atoms with Crippen molar-refractivity contribution in [3.63, 3.8) is 0 Å². The van der Waals surface area contributed by atoms with Gasteiger partial charge in [0.2, 0.25) is 0 Å². The topological polar surface area (TPSA) is 127 Å². The van der Waals surface area contributed by atoms with Crippen LogP contribution in [0, 0.1) is 17.1 Å². The van der Waals surface area contributed by atoms with E-state index in [-0.39, 0.29) is 31.6 Å². The third kappa shape index (κ3) is 6.99. The first-order valence-electron chi connectivity index (χ1n) is 15.7. The van der Waals surface area contributed by atoms with Crippen LogP contribution in [0.2, 0.25) is 10.0 Å². The van der Waals surface area contributed by atoms with E-state index in [1.54, 1.807) is 31.9 Å². The van der Waals surface area contributed by atoms with Crippen molar-refractivity contribution in [1.29, 1.82) is 5.26 Å². The Balaban J connectivity index is 1.29. The number of hydrogen-bond donors (Lipinski definition) is 1. The van der Waals surface area contributed by atoms with Gasteiger partial charge in [0, 0.05) is 54.8 Å². The Bertz CT molecular complexity index is 1860. The number of halogens is 3. The molecule has 4 aromatic rings. The quantitative estimate of drug-likeness (QED) is 0.197. The molecular formula is C34H36Cl2FN7O4. The van der Waals surface area contributed by atoms with E-state index in [1.165, 1.54) is 18.5 Å². The van der Waals surface area contributed by atoms with Gasteiger partial charge in [0.15, 0.2) is 17.9 Å². The predicted octanol–water partition coefficient (Wildman–Crippen LogP) is 7.78. The third-order valence-corrected chi connectivity index (χ3v) is 8.88. The Morgan fingerprint density at radius 1 is 1.21 bits per heavy atom. The molecule has 6 rings (SSSR count). The van der Waals surface area contributed by atoms with Crippen LogP contribution in [0.4, 0.5) is 15.0 Å². The zero-order valence-corrected chi connectivity index (χ0v) is 28.6. The van der Waals surface area contributed by atoms with E-state index in [2.05, 4.69) is 21.4 Å². The summed E-state index contributed by atoms with van der Waals surface area (Å²) >= 11 is 12.8. The minimum Gasteiger partial charge on any atom is -0.486 e. The number of nitriles is 1. The number of fused-ring (bicyclic) bond motifs is 1. The molecule has 2 aliphatic rings. The average molecular weight is 697 g/mol. The molecule has 0 aliphatic carbocycles. The summed E-state index contributed by atoms with van der Waals surface area (Å²) in [5, 5.41) is 18.7. The maximum absolute atomic E-state index is 15.8. The number of carbonyl (C=O) groups excluding carboxylic acids is 1. The largest absolute Gasteiger partial charge is 0.486 e. The van der Waals surface area contributed by atoms with Crippen LogP contribution in [-0.4, -0.2) is 56.7 Å². The maximum Gasteiger partial charge on any atom is 0.408 e. The summed E-state index contributed by atoms with van der Waals surface area (Å²) in [6, 6.07) is 9.12. The number of anilines is 1. The van der Waals surface area contributed by atoms with Crippen molar-refractivity contribution < 1.29 is 23.4 Å². The van der Waals surface area contributed by atoms with Gasteiger partial charge in [-0.3, -0.25) is 4.98 Å². The smallest absolute Gasteiger partial charge is 0.408 e. The molecule has 0 radical (unpaired) electrons. The monoisotopic (exact) mass is 695 g/mol. The minimum absolute atomic E-state index is 0.0394. The summed E-state index contributed by atoms with van der Waals surface area (Å²) in [5.41, 5.74) is 0.835. The number of hydrogen-bond acceptors (Lipinski definition) is 9. The summed E-state index contributed by atoms with van der Waals surface area (Å²) in [7, 11) is 0. The van der Waals surface area contributed by atoms with Crippen molar-refractivity contribution >= 4 is 46.0 Å². The SMILES string of the molecule is C[C@@H](Oc1ccc2c(c1)c(-c1cnc(N3CC(CC#N)(NC(=O)OC(C)(C)C)C3)c(F)c1)nn2C1CCCCO1)c1c(Cl)cncc1Cl. The van der Waals surface area contributed by atoms with Gasteiger partial charge in [0.05, 0.1) is 33.6 Å². The van der Waals surface area contributed by atoms with Gasteiger partial charge in [-0.25, -0.2) is 18.9 Å². The van der Waals surface area contributed by atoms with Crippen LogP contribution in [0.15, 0.2) is 42.9 Å². The molecule has 11 nitrogen and oxygen atoms in total. The molecule has 1 N–H and O–H groups in total. The molecule has 2 fully saturated rings. The fourth-order valence-corrected chi connectivity index (χ4v) is 6.82. The first-order valence-corrected chi connectivity index (χ1v) is 16.5. The fraction of sp³-hybridized carbons (Fsp3) is 0.441. The molecule has 0 saturated carbocycles. The van der Waals surface area contributed by atoms with Crippen molar-refractivity contribution in [1.82, 2.24) is 25.1 Å². The Hall–Kier alpha value is -4.18. The molecule has 2 aliphatic heterocycles. The number of pyridine rings is 2. The molecule has 0 spiro atoms. The lowest BCUT2D eigenvalue weighted by Crippen LogP contribution is -2.71. The van der Waals surface area contributed by atoms with E-state index in [0.29, 0.717) is 39.2 Å². The van der Waals surface area contributed by atoms with Gasteiger partial charge in [-0.05, 0) is 71.2 Å². The summed E-state index contributed by atoms with van der Waals surface area (Å²) in [5.74, 6) is 0.0952. The van der Waals surface area contributed by atoms with E-state index in [0.717, 1.165) is 30.2 Å². The average Bonchev–Trinajstić information content (AvgIpc) is 3.38. The normalized spacial score (nSPS) is 18.1. The molecular weight excluding hydrogens is 660 g/mol. The highest BCUT2D eigenvalue weighted by Gasteiger charge is 2.46. The van der Waals surface area contributed by atoms with Gasteiger partial charge in [-0.1, -0.05) is 23.2 Å². The number of carbonyl (C=O) groups is 1. The van der Waals surface area contributed by atoms with Gasteiger partial charge >= 0.3 is 6.09 Å². The van der Waals surface area contributed by atoms with Gasteiger partial charge in [0.1, 0.15) is 23.1 Å². The highest BCUT2D eigenvalue weighted by molar-refractivity contribution is 6.35. The summed E-state index contributed by atoms with van der Waals surface area (Å²) < 4.78 is 35.4. The summed E-state index contributed by atoms with van der Waals surface area (Å²) in [4.78, 5) is 22.7. The van der Waals surface area contributed by atoms with Crippen LogP contribution in [-0.2, 0) is 9.47 Å². The molecule has 2 saturated heterocycles. The number of nitrogens with one attached hydrogen (secondary N) is 1. The number of ether oxygens (including phenoxy) is 3. The summed E-state index contributed by atoms with van der Waals surface area (Å²) in [6.45, 7) is 8.15. The van der Waals surface area contributed by atoms with Crippen molar-refractivity contribution in [3.05, 3.63) is 64.3 Å². The first-order chi connectivity index (χ1) is 22.9. The van der Waals surface area contributed by atoms with Crippen LogP contribution in [0.5, 0.6) is 5.75 Å². The molecule has 1 unspecified atom stereocenters. The van der Waals surface area contributed by atoms with Crippen LogP contribution in [0.25, 0.3) is 22.2 Å². The van der Waals surface area contributed by atoms with Crippen molar-refractivity contribution in [3.8, 4) is 23.1 Å². The Morgan fingerprint density at radius 3 is 2.60 bits per heavy atom. The first kappa shape index (κ1) is 33.7. The Kier molecular flexibility index (Phi) is 9.40. The van der Waals surface area contributed by atoms with Crippen LogP contribution < -0.4 is 15.0 Å². The lowest BCUT2D eigenvalue weighted by Gasteiger charge is -2.49. The minimum atomic E-state index is -0.878. The van der Waals surface area contributed by atoms with Crippen molar-refractivity contribution in [2.75, 3.05) is 24.6 Å². The summed E-state index contributed by atoms with van der Waals surface area (Å²) in [6.07, 6.45) is 6.05. The molecule has 48 heavy (non-hydrogen) atoms. The molecule has 1 aromatic carbocycles. The van der Waals surface area contributed by atoms with E-state index in [9.17, 15) is 10.1 Å². The van der Waals surface area contributed by atoms with Crippen molar-refractivity contribution in [2.45, 2.75) is 76.9 Å². The lowest BCUT2D eigenvalue weighted by molar-refractivity contribution is -0.0365. The second kappa shape index (κ2) is 13.4. The number of aromatic nitrogens is 4. The van der Waals surface area contributed by atoms with Gasteiger partial charge in [0.25, 0.3) is 0 Å². The van der Waals surface area contributed by atoms with Crippen molar-refractivity contribution in [2.24, 2.45) is 0 Å². The zero-order valence-electron chi connectivity index (χ0n) is 27.1. The number of alkyl carbamates (subject to hydrolysis) is 1. The van der Waals surface area contributed by atoms with E-state index >= 15 is 4.39 Å². The Morgan fingerprint density at radius 2 is 1.96 bits per heavy atom. The Labute approximate surface area is 287 Å². The molecule has 0 bridgehead atoms. The van der Waals surface area contributed by atoms with Crippen LogP contribution in [0.3, 0.4) is 0 Å². The van der Waals surface area contributed by atoms with E-state index in [1.807, 2.05) is 29.8 Å². The molecule has 2 atom stereocenters. The standard InChI is InChI=1S/C34H36Cl2FN7O4/c1-20(29-24(35)16-39-17-25(29)36)47-22-8-9-27-23(14-22)30(42-44(27)28-7-5-6-12-46-28)21-13-26(37)31(40-15-21)43-18-34(19-43,10-11-38)41-32(45)48-33(2,3)4/h8-9,13-17,20,28H,5-7,10,12,18-19H2,1-4H3,(H,41,45)/t20-,28?/m1/s1. The molecule has 252 valence electrons.